The van der Waals surface area contributed by atoms with Gasteiger partial charge in [0.2, 0.25) is 5.91 Å². The van der Waals surface area contributed by atoms with Crippen LogP contribution in [0, 0.1) is 19.8 Å². The van der Waals surface area contributed by atoms with Gasteiger partial charge in [-0.05, 0) is 32.4 Å². The molecule has 3 N–H and O–H groups in total. The Balaban J connectivity index is 1.64. The van der Waals surface area contributed by atoms with Crippen molar-refractivity contribution in [2.75, 3.05) is 19.6 Å². The Kier molecular flexibility index (Phi) is 5.52. The molecule has 4 rings (SSSR count). The minimum Gasteiger partial charge on any atom is -0.393 e. The molecule has 7 nitrogen and oxygen atoms in total. The van der Waals surface area contributed by atoms with E-state index in [1.807, 2.05) is 23.1 Å². The van der Waals surface area contributed by atoms with Gasteiger partial charge in [0, 0.05) is 36.2 Å². The molecule has 1 aromatic carbocycles. The van der Waals surface area contributed by atoms with Crippen molar-refractivity contribution in [3.05, 3.63) is 63.3 Å². The summed E-state index contributed by atoms with van der Waals surface area (Å²) in [4.78, 5) is 34.5. The van der Waals surface area contributed by atoms with Crippen LogP contribution in [-0.2, 0) is 11.2 Å². The molecule has 2 fully saturated rings. The first-order valence-corrected chi connectivity index (χ1v) is 10.3. The van der Waals surface area contributed by atoms with Gasteiger partial charge >= 0.3 is 0 Å². The molecule has 0 spiro atoms. The Hall–Kier alpha value is -2.51. The highest BCUT2D eigenvalue weighted by Crippen LogP contribution is 2.41. The standard InChI is InChI=1S/C22H28N4O3/c1-13-16(22(29)25-14(2)24-13)10-20(28)26-12-17(15-6-4-3-5-7-15)21-18(26)11-23-9-8-19(21)27/h3-7,17-19,21,23,27H,8-12H2,1-2H3,(H,24,25,29)/t17-,18+,19+,21-/m1/s1. The van der Waals surface area contributed by atoms with Gasteiger partial charge in [-0.25, -0.2) is 4.98 Å². The number of hydrogen-bond donors (Lipinski definition) is 3. The Bertz CT molecular complexity index is 943. The third kappa shape index (κ3) is 3.84. The van der Waals surface area contributed by atoms with Gasteiger partial charge < -0.3 is 20.3 Å². The lowest BCUT2D eigenvalue weighted by atomic mass is 9.81. The maximum absolute atomic E-state index is 13.3. The number of aromatic amines is 1. The second-order valence-corrected chi connectivity index (χ2v) is 8.16. The lowest BCUT2D eigenvalue weighted by Gasteiger charge is -2.29. The van der Waals surface area contributed by atoms with Crippen molar-refractivity contribution in [1.82, 2.24) is 20.2 Å². The van der Waals surface area contributed by atoms with Gasteiger partial charge in [-0.2, -0.15) is 0 Å². The van der Waals surface area contributed by atoms with Gasteiger partial charge in [0.25, 0.3) is 5.56 Å². The number of fused-ring (bicyclic) bond motifs is 1. The number of carbonyl (C=O) groups excluding carboxylic acids is 1. The van der Waals surface area contributed by atoms with Crippen LogP contribution >= 0.6 is 0 Å². The van der Waals surface area contributed by atoms with Gasteiger partial charge in [0.15, 0.2) is 0 Å². The largest absolute Gasteiger partial charge is 0.393 e. The summed E-state index contributed by atoms with van der Waals surface area (Å²) in [6.45, 7) is 5.43. The molecule has 2 aromatic rings. The molecule has 2 aliphatic rings. The number of aliphatic hydroxyl groups excluding tert-OH is 1. The molecule has 0 saturated carbocycles. The molecule has 2 saturated heterocycles. The fraction of sp³-hybridized carbons (Fsp3) is 0.500. The van der Waals surface area contributed by atoms with Crippen LogP contribution in [0.4, 0.5) is 0 Å². The topological polar surface area (TPSA) is 98.3 Å². The fourth-order valence-electron chi connectivity index (χ4n) is 4.93. The molecule has 1 aromatic heterocycles. The second kappa shape index (κ2) is 8.08. The fourth-order valence-corrected chi connectivity index (χ4v) is 4.93. The van der Waals surface area contributed by atoms with Crippen LogP contribution in [0.2, 0.25) is 0 Å². The van der Waals surface area contributed by atoms with Crippen LogP contribution in [-0.4, -0.2) is 57.7 Å². The molecule has 0 unspecified atom stereocenters. The maximum atomic E-state index is 13.3. The number of H-pyrrole nitrogens is 1. The average molecular weight is 396 g/mol. The van der Waals surface area contributed by atoms with Crippen LogP contribution in [0.1, 0.15) is 35.0 Å². The summed E-state index contributed by atoms with van der Waals surface area (Å²) in [7, 11) is 0. The van der Waals surface area contributed by atoms with E-state index in [9.17, 15) is 14.7 Å². The molecule has 7 heteroatoms. The summed E-state index contributed by atoms with van der Waals surface area (Å²) >= 11 is 0. The lowest BCUT2D eigenvalue weighted by Crippen LogP contribution is -2.45. The lowest BCUT2D eigenvalue weighted by molar-refractivity contribution is -0.131. The number of nitrogens with one attached hydrogen (secondary N) is 2. The highest BCUT2D eigenvalue weighted by atomic mass is 16.3. The number of rotatable bonds is 3. The molecule has 0 radical (unpaired) electrons. The van der Waals surface area contributed by atoms with Crippen LogP contribution < -0.4 is 10.9 Å². The van der Waals surface area contributed by atoms with E-state index in [4.69, 9.17) is 0 Å². The highest BCUT2D eigenvalue weighted by Gasteiger charge is 2.48. The van der Waals surface area contributed by atoms with E-state index in [0.29, 0.717) is 36.6 Å². The number of nitrogens with zero attached hydrogens (tertiary/aromatic N) is 2. The summed E-state index contributed by atoms with van der Waals surface area (Å²) in [5.74, 6) is 0.515. The third-order valence-corrected chi connectivity index (χ3v) is 6.33. The van der Waals surface area contributed by atoms with Crippen molar-refractivity contribution in [2.45, 2.75) is 44.8 Å². The van der Waals surface area contributed by atoms with Crippen LogP contribution in [0.25, 0.3) is 0 Å². The predicted molar refractivity (Wildman–Crippen MR) is 110 cm³/mol. The first-order valence-electron chi connectivity index (χ1n) is 10.3. The van der Waals surface area contributed by atoms with Crippen LogP contribution in [0.3, 0.4) is 0 Å². The maximum Gasteiger partial charge on any atom is 0.254 e. The summed E-state index contributed by atoms with van der Waals surface area (Å²) in [5, 5.41) is 14.2. The Morgan fingerprint density at radius 2 is 2.03 bits per heavy atom. The quantitative estimate of drug-likeness (QED) is 0.716. The van der Waals surface area contributed by atoms with E-state index in [1.54, 1.807) is 13.8 Å². The number of hydrogen-bond acceptors (Lipinski definition) is 5. The average Bonchev–Trinajstić information content (AvgIpc) is 2.98. The monoisotopic (exact) mass is 396 g/mol. The molecule has 1 amide bonds. The number of likely N-dealkylation sites (tertiary alicyclic amines) is 1. The van der Waals surface area contributed by atoms with Crippen molar-refractivity contribution in [3.8, 4) is 0 Å². The normalized spacial score (nSPS) is 26.8. The molecule has 4 atom stereocenters. The Morgan fingerprint density at radius 1 is 1.28 bits per heavy atom. The molecule has 3 heterocycles. The molecule has 154 valence electrons. The number of aromatic nitrogens is 2. The number of aryl methyl sites for hydroxylation is 2. The zero-order chi connectivity index (χ0) is 20.5. The molecule has 0 aliphatic carbocycles. The molecular weight excluding hydrogens is 368 g/mol. The van der Waals surface area contributed by atoms with Crippen molar-refractivity contribution >= 4 is 5.91 Å². The van der Waals surface area contributed by atoms with Gasteiger partial charge in [0.05, 0.1) is 18.6 Å². The molecular formula is C22H28N4O3. The molecule has 0 bridgehead atoms. The Morgan fingerprint density at radius 3 is 2.76 bits per heavy atom. The SMILES string of the molecule is Cc1nc(C)c(CC(=O)N2C[C@H](c3ccccc3)[C@H]3[C@@H](O)CCNC[C@@H]32)c(=O)[nH]1. The predicted octanol–water partition coefficient (Wildman–Crippen LogP) is 0.894. The Labute approximate surface area is 170 Å². The smallest absolute Gasteiger partial charge is 0.254 e. The molecule has 29 heavy (non-hydrogen) atoms. The highest BCUT2D eigenvalue weighted by molar-refractivity contribution is 5.80. The van der Waals surface area contributed by atoms with E-state index in [0.717, 1.165) is 12.1 Å². The number of carbonyl (C=O) groups is 1. The van der Waals surface area contributed by atoms with E-state index in [-0.39, 0.29) is 35.8 Å². The zero-order valence-electron chi connectivity index (χ0n) is 16.9. The van der Waals surface area contributed by atoms with Crippen LogP contribution in [0.15, 0.2) is 35.1 Å². The minimum atomic E-state index is -0.468. The molecule has 2 aliphatic heterocycles. The minimum absolute atomic E-state index is 0.0214. The van der Waals surface area contributed by atoms with Gasteiger partial charge in [-0.3, -0.25) is 9.59 Å². The van der Waals surface area contributed by atoms with Gasteiger partial charge in [0.1, 0.15) is 5.82 Å². The van der Waals surface area contributed by atoms with Crippen molar-refractivity contribution < 1.29 is 9.90 Å². The summed E-state index contributed by atoms with van der Waals surface area (Å²) in [5.41, 5.74) is 1.90. The van der Waals surface area contributed by atoms with Gasteiger partial charge in [-0.1, -0.05) is 30.3 Å². The summed E-state index contributed by atoms with van der Waals surface area (Å²) in [6, 6.07) is 10.0. The first kappa shape index (κ1) is 19.8. The first-order chi connectivity index (χ1) is 14.0. The number of aliphatic hydroxyl groups is 1. The van der Waals surface area contributed by atoms with E-state index >= 15 is 0 Å². The van der Waals surface area contributed by atoms with E-state index in [1.165, 1.54) is 0 Å². The number of benzene rings is 1. The van der Waals surface area contributed by atoms with Crippen molar-refractivity contribution in [2.24, 2.45) is 5.92 Å². The number of amides is 1. The van der Waals surface area contributed by atoms with Crippen molar-refractivity contribution in [3.63, 3.8) is 0 Å². The summed E-state index contributed by atoms with van der Waals surface area (Å²) in [6.07, 6.45) is 0.229. The van der Waals surface area contributed by atoms with E-state index < -0.39 is 6.10 Å². The van der Waals surface area contributed by atoms with Gasteiger partial charge in [-0.15, -0.1) is 0 Å². The summed E-state index contributed by atoms with van der Waals surface area (Å²) < 4.78 is 0. The third-order valence-electron chi connectivity index (χ3n) is 6.33. The zero-order valence-corrected chi connectivity index (χ0v) is 16.9. The van der Waals surface area contributed by atoms with Crippen molar-refractivity contribution in [1.29, 1.82) is 0 Å². The second-order valence-electron chi connectivity index (χ2n) is 8.16. The van der Waals surface area contributed by atoms with Crippen LogP contribution in [0.5, 0.6) is 0 Å². The van der Waals surface area contributed by atoms with E-state index in [2.05, 4.69) is 27.4 Å².